The van der Waals surface area contributed by atoms with Crippen molar-refractivity contribution in [3.63, 3.8) is 0 Å². The van der Waals surface area contributed by atoms with Crippen LogP contribution in [-0.2, 0) is 0 Å². The largest absolute Gasteiger partial charge is 0.399 e. The summed E-state index contributed by atoms with van der Waals surface area (Å²) in [4.78, 5) is 16.2. The molecule has 3 rings (SSSR count). The summed E-state index contributed by atoms with van der Waals surface area (Å²) < 4.78 is 0. The number of nitrogens with one attached hydrogen (secondary N) is 2. The highest BCUT2D eigenvalue weighted by molar-refractivity contribution is 6.30. The van der Waals surface area contributed by atoms with Gasteiger partial charge in [0.1, 0.15) is 5.82 Å². The third-order valence-corrected chi connectivity index (χ3v) is 3.00. The van der Waals surface area contributed by atoms with E-state index in [2.05, 4.69) is 20.5 Å². The first-order valence-electron chi connectivity index (χ1n) is 5.80. The second-order valence-corrected chi connectivity index (χ2v) is 4.63. The Morgan fingerprint density at radius 1 is 1.30 bits per heavy atom. The van der Waals surface area contributed by atoms with E-state index in [1.165, 1.54) is 6.20 Å². The van der Waals surface area contributed by atoms with E-state index >= 15 is 0 Å². The number of carbonyl (C=O) groups is 1. The molecule has 1 amide bonds. The number of aromatic nitrogens is 3. The van der Waals surface area contributed by atoms with Gasteiger partial charge in [-0.25, -0.2) is 4.98 Å². The number of nitrogens with two attached hydrogens (primary N) is 1. The molecule has 0 spiro atoms. The van der Waals surface area contributed by atoms with Gasteiger partial charge in [-0.05, 0) is 30.3 Å². The van der Waals surface area contributed by atoms with E-state index in [4.69, 9.17) is 17.3 Å². The van der Waals surface area contributed by atoms with E-state index < -0.39 is 0 Å². The number of benzene rings is 1. The van der Waals surface area contributed by atoms with Crippen LogP contribution in [0, 0.1) is 0 Å². The maximum absolute atomic E-state index is 12.2. The van der Waals surface area contributed by atoms with Crippen molar-refractivity contribution in [3.8, 4) is 0 Å². The molecule has 0 unspecified atom stereocenters. The van der Waals surface area contributed by atoms with E-state index in [9.17, 15) is 4.79 Å². The number of nitrogen functional groups attached to an aromatic ring is 1. The summed E-state index contributed by atoms with van der Waals surface area (Å²) in [6.45, 7) is 0. The summed E-state index contributed by atoms with van der Waals surface area (Å²) >= 11 is 5.84. The molecule has 0 saturated heterocycles. The molecule has 0 aliphatic heterocycles. The van der Waals surface area contributed by atoms with Crippen LogP contribution in [0.5, 0.6) is 0 Å². The molecule has 4 N–H and O–H groups in total. The van der Waals surface area contributed by atoms with E-state index in [1.807, 2.05) is 0 Å². The zero-order valence-corrected chi connectivity index (χ0v) is 11.0. The zero-order valence-electron chi connectivity index (χ0n) is 10.2. The SMILES string of the molecule is Nc1ccc2[nH]nc(C(=O)Nc3cc(Cl)ccn3)c2c1. The molecule has 0 bridgehead atoms. The molecule has 0 saturated carbocycles. The summed E-state index contributed by atoms with van der Waals surface area (Å²) in [6, 6.07) is 8.39. The number of amides is 1. The van der Waals surface area contributed by atoms with Crippen LogP contribution in [0.1, 0.15) is 10.5 Å². The summed E-state index contributed by atoms with van der Waals surface area (Å²) in [5.74, 6) is -0.0147. The second-order valence-electron chi connectivity index (χ2n) is 4.19. The number of anilines is 2. The lowest BCUT2D eigenvalue weighted by Gasteiger charge is -2.02. The number of hydrogen-bond acceptors (Lipinski definition) is 4. The molecule has 100 valence electrons. The molecule has 1 aromatic carbocycles. The van der Waals surface area contributed by atoms with Gasteiger partial charge in [0.15, 0.2) is 5.69 Å². The number of aromatic amines is 1. The van der Waals surface area contributed by atoms with Crippen LogP contribution in [0.4, 0.5) is 11.5 Å². The lowest BCUT2D eigenvalue weighted by molar-refractivity contribution is 0.102. The van der Waals surface area contributed by atoms with Crippen molar-refractivity contribution in [2.45, 2.75) is 0 Å². The Labute approximate surface area is 119 Å². The maximum Gasteiger partial charge on any atom is 0.277 e. The third kappa shape index (κ3) is 2.28. The van der Waals surface area contributed by atoms with Crippen molar-refractivity contribution in [3.05, 3.63) is 47.2 Å². The van der Waals surface area contributed by atoms with Gasteiger partial charge >= 0.3 is 0 Å². The zero-order chi connectivity index (χ0) is 14.1. The van der Waals surface area contributed by atoms with E-state index in [0.717, 1.165) is 5.52 Å². The van der Waals surface area contributed by atoms with Crippen molar-refractivity contribution in [1.82, 2.24) is 15.2 Å². The normalized spacial score (nSPS) is 10.7. The summed E-state index contributed by atoms with van der Waals surface area (Å²) in [5.41, 5.74) is 7.28. The minimum atomic E-state index is -0.378. The van der Waals surface area contributed by atoms with Gasteiger partial charge in [-0.3, -0.25) is 9.89 Å². The second kappa shape index (κ2) is 4.82. The fourth-order valence-corrected chi connectivity index (χ4v) is 2.01. The Balaban J connectivity index is 1.94. The number of fused-ring (bicyclic) bond motifs is 1. The van der Waals surface area contributed by atoms with Crippen LogP contribution in [0.3, 0.4) is 0 Å². The minimum absolute atomic E-state index is 0.258. The van der Waals surface area contributed by atoms with Crippen LogP contribution in [0.2, 0.25) is 5.02 Å². The third-order valence-electron chi connectivity index (χ3n) is 2.77. The van der Waals surface area contributed by atoms with Crippen LogP contribution < -0.4 is 11.1 Å². The van der Waals surface area contributed by atoms with Gasteiger partial charge in [-0.1, -0.05) is 11.6 Å². The minimum Gasteiger partial charge on any atom is -0.399 e. The quantitative estimate of drug-likeness (QED) is 0.631. The number of H-pyrrole nitrogens is 1. The first-order valence-corrected chi connectivity index (χ1v) is 6.18. The summed E-state index contributed by atoms with van der Waals surface area (Å²) in [5, 5.41) is 10.6. The number of hydrogen-bond donors (Lipinski definition) is 3. The van der Waals surface area contributed by atoms with E-state index in [0.29, 0.717) is 21.9 Å². The molecule has 6 nitrogen and oxygen atoms in total. The molecule has 2 aromatic heterocycles. The lowest BCUT2D eigenvalue weighted by atomic mass is 10.2. The number of nitrogens with zero attached hydrogens (tertiary/aromatic N) is 2. The molecular weight excluding hydrogens is 278 g/mol. The number of halogens is 1. The molecule has 2 heterocycles. The standard InChI is InChI=1S/C13H10ClN5O/c14-7-3-4-16-11(5-7)17-13(20)12-9-6-8(15)1-2-10(9)18-19-12/h1-6H,15H2,(H,18,19)(H,16,17,20). The van der Waals surface area contributed by atoms with Crippen molar-refractivity contribution < 1.29 is 4.79 Å². The maximum atomic E-state index is 12.2. The van der Waals surface area contributed by atoms with Crippen LogP contribution in [0.25, 0.3) is 10.9 Å². The Kier molecular flexibility index (Phi) is 3.00. The Bertz CT molecular complexity index is 798. The van der Waals surface area contributed by atoms with Gasteiger partial charge < -0.3 is 11.1 Å². The average molecular weight is 288 g/mol. The van der Waals surface area contributed by atoms with Gasteiger partial charge in [0, 0.05) is 22.3 Å². The molecular formula is C13H10ClN5O. The van der Waals surface area contributed by atoms with Crippen molar-refractivity contribution in [1.29, 1.82) is 0 Å². The summed E-state index contributed by atoms with van der Waals surface area (Å²) in [6.07, 6.45) is 1.51. The Morgan fingerprint density at radius 3 is 2.95 bits per heavy atom. The molecule has 0 fully saturated rings. The molecule has 7 heteroatoms. The number of carbonyl (C=O) groups excluding carboxylic acids is 1. The van der Waals surface area contributed by atoms with Crippen molar-refractivity contribution in [2.24, 2.45) is 0 Å². The Morgan fingerprint density at radius 2 is 2.15 bits per heavy atom. The highest BCUT2D eigenvalue weighted by Crippen LogP contribution is 2.20. The van der Waals surface area contributed by atoms with E-state index in [1.54, 1.807) is 30.3 Å². The van der Waals surface area contributed by atoms with Crippen molar-refractivity contribution >= 4 is 39.9 Å². The van der Waals surface area contributed by atoms with Crippen LogP contribution in [0.15, 0.2) is 36.5 Å². The van der Waals surface area contributed by atoms with Gasteiger partial charge in [0.05, 0.1) is 5.52 Å². The number of pyridine rings is 1. The van der Waals surface area contributed by atoms with Crippen LogP contribution >= 0.6 is 11.6 Å². The monoisotopic (exact) mass is 287 g/mol. The predicted molar refractivity (Wildman–Crippen MR) is 77.7 cm³/mol. The first kappa shape index (κ1) is 12.4. The van der Waals surface area contributed by atoms with Crippen molar-refractivity contribution in [2.75, 3.05) is 11.1 Å². The Hall–Kier alpha value is -2.60. The topological polar surface area (TPSA) is 96.7 Å². The molecule has 0 aliphatic rings. The predicted octanol–water partition coefficient (Wildman–Crippen LogP) is 2.45. The molecule has 0 radical (unpaired) electrons. The fraction of sp³-hybridized carbons (Fsp3) is 0. The smallest absolute Gasteiger partial charge is 0.277 e. The molecule has 0 aliphatic carbocycles. The first-order chi connectivity index (χ1) is 9.63. The molecule has 20 heavy (non-hydrogen) atoms. The van der Waals surface area contributed by atoms with Gasteiger partial charge in [-0.2, -0.15) is 5.10 Å². The molecule has 3 aromatic rings. The molecule has 0 atom stereocenters. The van der Waals surface area contributed by atoms with Gasteiger partial charge in [0.25, 0.3) is 5.91 Å². The summed E-state index contributed by atoms with van der Waals surface area (Å²) in [7, 11) is 0. The fourth-order valence-electron chi connectivity index (χ4n) is 1.85. The van der Waals surface area contributed by atoms with E-state index in [-0.39, 0.29) is 11.6 Å². The highest BCUT2D eigenvalue weighted by atomic mass is 35.5. The lowest BCUT2D eigenvalue weighted by Crippen LogP contribution is -2.13. The average Bonchev–Trinajstić information content (AvgIpc) is 2.81. The number of rotatable bonds is 2. The highest BCUT2D eigenvalue weighted by Gasteiger charge is 2.15. The van der Waals surface area contributed by atoms with Gasteiger partial charge in [-0.15, -0.1) is 0 Å². The van der Waals surface area contributed by atoms with Crippen LogP contribution in [-0.4, -0.2) is 21.1 Å². The van der Waals surface area contributed by atoms with Gasteiger partial charge in [0.2, 0.25) is 0 Å².